The Labute approximate surface area is 129 Å². The van der Waals surface area contributed by atoms with Crippen molar-refractivity contribution in [3.05, 3.63) is 54.4 Å². The molecule has 0 fully saturated rings. The molecule has 5 nitrogen and oxygen atoms in total. The molecule has 0 saturated carbocycles. The van der Waals surface area contributed by atoms with E-state index in [-0.39, 0.29) is 0 Å². The molecular weight excluding hydrogens is 276 g/mol. The predicted octanol–water partition coefficient (Wildman–Crippen LogP) is 3.15. The van der Waals surface area contributed by atoms with Gasteiger partial charge in [-0.25, -0.2) is 9.97 Å². The average Bonchev–Trinajstić information content (AvgIpc) is 2.56. The molecule has 0 aliphatic rings. The van der Waals surface area contributed by atoms with E-state index in [1.165, 1.54) is 0 Å². The lowest BCUT2D eigenvalue weighted by Crippen LogP contribution is -2.24. The van der Waals surface area contributed by atoms with Crippen LogP contribution in [0.5, 0.6) is 5.75 Å². The van der Waals surface area contributed by atoms with Crippen LogP contribution in [0.3, 0.4) is 0 Å². The Morgan fingerprint density at radius 2 is 1.86 bits per heavy atom. The van der Waals surface area contributed by atoms with Crippen LogP contribution in [0, 0.1) is 0 Å². The number of para-hydroxylation sites is 1. The monoisotopic (exact) mass is 294 g/mol. The zero-order chi connectivity index (χ0) is 15.4. The number of benzene rings is 1. The zero-order valence-electron chi connectivity index (χ0n) is 12.5. The Hall–Kier alpha value is -2.69. The smallest absolute Gasteiger partial charge is 0.180 e. The SMILES string of the molecule is CCCN(Cc1ccccc1O)c1ccc2nccnc2n1. The summed E-state index contributed by atoms with van der Waals surface area (Å²) in [5.41, 5.74) is 2.31. The number of rotatable bonds is 5. The standard InChI is InChI=1S/C17H18N4O/c1-2-11-21(12-13-5-3-4-6-15(13)22)16-8-7-14-17(20-16)19-10-9-18-14/h3-10,22H,2,11-12H2,1H3. The summed E-state index contributed by atoms with van der Waals surface area (Å²) in [6.07, 6.45) is 4.30. The molecule has 5 heteroatoms. The highest BCUT2D eigenvalue weighted by Gasteiger charge is 2.11. The molecule has 1 N–H and O–H groups in total. The number of aromatic nitrogens is 3. The van der Waals surface area contributed by atoms with Gasteiger partial charge in [-0.3, -0.25) is 4.98 Å². The number of phenols is 1. The molecule has 0 bridgehead atoms. The fraction of sp³-hybridized carbons (Fsp3) is 0.235. The first kappa shape index (κ1) is 14.3. The van der Waals surface area contributed by atoms with Crippen molar-refractivity contribution in [2.24, 2.45) is 0 Å². The second-order valence-electron chi connectivity index (χ2n) is 5.12. The Balaban J connectivity index is 1.93. The number of hydrogen-bond donors (Lipinski definition) is 1. The maximum absolute atomic E-state index is 9.98. The van der Waals surface area contributed by atoms with E-state index in [9.17, 15) is 5.11 Å². The second kappa shape index (κ2) is 6.39. The normalized spacial score (nSPS) is 10.8. The van der Waals surface area contributed by atoms with Gasteiger partial charge in [0.2, 0.25) is 0 Å². The van der Waals surface area contributed by atoms with Gasteiger partial charge in [0.1, 0.15) is 17.1 Å². The molecule has 2 heterocycles. The molecule has 0 spiro atoms. The van der Waals surface area contributed by atoms with Crippen molar-refractivity contribution in [3.63, 3.8) is 0 Å². The molecule has 3 rings (SSSR count). The molecule has 0 aliphatic carbocycles. The maximum atomic E-state index is 9.98. The summed E-state index contributed by atoms with van der Waals surface area (Å²) in [7, 11) is 0. The highest BCUT2D eigenvalue weighted by atomic mass is 16.3. The summed E-state index contributed by atoms with van der Waals surface area (Å²) in [4.78, 5) is 15.2. The van der Waals surface area contributed by atoms with E-state index in [1.807, 2.05) is 30.3 Å². The maximum Gasteiger partial charge on any atom is 0.180 e. The first-order chi connectivity index (χ1) is 10.8. The van der Waals surface area contributed by atoms with Crippen LogP contribution in [0.25, 0.3) is 11.2 Å². The molecule has 3 aromatic rings. The van der Waals surface area contributed by atoms with Gasteiger partial charge >= 0.3 is 0 Å². The molecule has 0 saturated heterocycles. The van der Waals surface area contributed by atoms with E-state index in [1.54, 1.807) is 18.5 Å². The molecule has 0 radical (unpaired) electrons. The van der Waals surface area contributed by atoms with Gasteiger partial charge in [-0.15, -0.1) is 0 Å². The quantitative estimate of drug-likeness (QED) is 0.783. The van der Waals surface area contributed by atoms with Crippen LogP contribution in [-0.2, 0) is 6.54 Å². The number of pyridine rings is 1. The van der Waals surface area contributed by atoms with E-state index in [2.05, 4.69) is 26.8 Å². The third-order valence-electron chi connectivity index (χ3n) is 3.49. The summed E-state index contributed by atoms with van der Waals surface area (Å²) < 4.78 is 0. The Bertz CT molecular complexity index is 775. The Kier molecular flexibility index (Phi) is 4.14. The van der Waals surface area contributed by atoms with Crippen LogP contribution in [0.4, 0.5) is 5.82 Å². The van der Waals surface area contributed by atoms with Crippen LogP contribution in [0.2, 0.25) is 0 Å². The lowest BCUT2D eigenvalue weighted by molar-refractivity contribution is 0.467. The summed E-state index contributed by atoms with van der Waals surface area (Å²) in [6.45, 7) is 3.59. The van der Waals surface area contributed by atoms with Crippen molar-refractivity contribution in [2.75, 3.05) is 11.4 Å². The van der Waals surface area contributed by atoms with Gasteiger partial charge in [-0.1, -0.05) is 25.1 Å². The zero-order valence-corrected chi connectivity index (χ0v) is 12.5. The highest BCUT2D eigenvalue weighted by Crippen LogP contribution is 2.22. The number of nitrogens with zero attached hydrogens (tertiary/aromatic N) is 4. The molecule has 0 atom stereocenters. The van der Waals surface area contributed by atoms with Crippen molar-refractivity contribution >= 4 is 17.0 Å². The number of fused-ring (bicyclic) bond motifs is 1. The number of anilines is 1. The highest BCUT2D eigenvalue weighted by molar-refractivity contribution is 5.71. The topological polar surface area (TPSA) is 62.1 Å². The van der Waals surface area contributed by atoms with Crippen LogP contribution in [0.1, 0.15) is 18.9 Å². The summed E-state index contributed by atoms with van der Waals surface area (Å²) in [5, 5.41) is 9.98. The van der Waals surface area contributed by atoms with Gasteiger partial charge < -0.3 is 10.0 Å². The molecular formula is C17H18N4O. The summed E-state index contributed by atoms with van der Waals surface area (Å²) in [6, 6.07) is 11.3. The van der Waals surface area contributed by atoms with Gasteiger partial charge in [0.05, 0.1) is 0 Å². The first-order valence-electron chi connectivity index (χ1n) is 7.37. The van der Waals surface area contributed by atoms with E-state index < -0.39 is 0 Å². The Morgan fingerprint density at radius 3 is 2.68 bits per heavy atom. The molecule has 112 valence electrons. The average molecular weight is 294 g/mol. The molecule has 22 heavy (non-hydrogen) atoms. The molecule has 0 aliphatic heterocycles. The lowest BCUT2D eigenvalue weighted by Gasteiger charge is -2.23. The van der Waals surface area contributed by atoms with E-state index in [0.717, 1.165) is 29.9 Å². The van der Waals surface area contributed by atoms with E-state index >= 15 is 0 Å². The van der Waals surface area contributed by atoms with Crippen LogP contribution in [-0.4, -0.2) is 26.6 Å². The Morgan fingerprint density at radius 1 is 1.05 bits per heavy atom. The number of aromatic hydroxyl groups is 1. The minimum atomic E-state index is 0.309. The summed E-state index contributed by atoms with van der Waals surface area (Å²) >= 11 is 0. The molecule has 0 amide bonds. The predicted molar refractivity (Wildman–Crippen MR) is 86.8 cm³/mol. The number of hydrogen-bond acceptors (Lipinski definition) is 5. The van der Waals surface area contributed by atoms with E-state index in [0.29, 0.717) is 17.9 Å². The molecule has 1 aromatic carbocycles. The van der Waals surface area contributed by atoms with Crippen LogP contribution >= 0.6 is 0 Å². The van der Waals surface area contributed by atoms with Crippen molar-refractivity contribution in [1.29, 1.82) is 0 Å². The van der Waals surface area contributed by atoms with Gasteiger partial charge in [0, 0.05) is 31.0 Å². The summed E-state index contributed by atoms with van der Waals surface area (Å²) in [5.74, 6) is 1.15. The molecule has 0 unspecified atom stereocenters. The first-order valence-corrected chi connectivity index (χ1v) is 7.37. The fourth-order valence-corrected chi connectivity index (χ4v) is 2.42. The van der Waals surface area contributed by atoms with Crippen molar-refractivity contribution in [1.82, 2.24) is 15.0 Å². The minimum absolute atomic E-state index is 0.309. The third-order valence-corrected chi connectivity index (χ3v) is 3.49. The van der Waals surface area contributed by atoms with Gasteiger partial charge in [-0.2, -0.15) is 0 Å². The van der Waals surface area contributed by atoms with Crippen molar-refractivity contribution < 1.29 is 5.11 Å². The largest absolute Gasteiger partial charge is 0.508 e. The van der Waals surface area contributed by atoms with Gasteiger partial charge in [0.15, 0.2) is 5.65 Å². The van der Waals surface area contributed by atoms with Crippen LogP contribution in [0.15, 0.2) is 48.8 Å². The van der Waals surface area contributed by atoms with Crippen LogP contribution < -0.4 is 4.90 Å². The lowest BCUT2D eigenvalue weighted by atomic mass is 10.2. The second-order valence-corrected chi connectivity index (χ2v) is 5.12. The van der Waals surface area contributed by atoms with Gasteiger partial charge in [0.25, 0.3) is 0 Å². The third kappa shape index (κ3) is 2.98. The van der Waals surface area contributed by atoms with Crippen molar-refractivity contribution in [3.8, 4) is 5.75 Å². The molecule has 2 aromatic heterocycles. The minimum Gasteiger partial charge on any atom is -0.508 e. The van der Waals surface area contributed by atoms with Crippen molar-refractivity contribution in [2.45, 2.75) is 19.9 Å². The fourth-order valence-electron chi connectivity index (χ4n) is 2.42. The number of phenolic OH excluding ortho intramolecular Hbond substituents is 1. The van der Waals surface area contributed by atoms with Gasteiger partial charge in [-0.05, 0) is 24.6 Å². The van der Waals surface area contributed by atoms with E-state index in [4.69, 9.17) is 0 Å².